The van der Waals surface area contributed by atoms with Crippen molar-refractivity contribution in [3.8, 4) is 0 Å². The van der Waals surface area contributed by atoms with Crippen molar-refractivity contribution in [2.75, 3.05) is 7.11 Å². The Morgan fingerprint density at radius 1 is 1.21 bits per heavy atom. The molecule has 1 aromatic rings. The van der Waals surface area contributed by atoms with Gasteiger partial charge < -0.3 is 9.64 Å². The van der Waals surface area contributed by atoms with Gasteiger partial charge in [0.05, 0.1) is 6.10 Å². The van der Waals surface area contributed by atoms with Gasteiger partial charge in [0.25, 0.3) is 5.91 Å². The van der Waals surface area contributed by atoms with Crippen LogP contribution in [0.25, 0.3) is 0 Å². The van der Waals surface area contributed by atoms with Crippen LogP contribution in [0.1, 0.15) is 36.0 Å². The standard InChI is InChI=1S/C15H18FNO2/c1-19-14-8-12-6-7-13(9-14)17(12)15(18)10-2-4-11(16)5-3-10/h2-5,12-14H,6-9H2,1H3. The predicted molar refractivity (Wildman–Crippen MR) is 69.4 cm³/mol. The largest absolute Gasteiger partial charge is 0.381 e. The van der Waals surface area contributed by atoms with E-state index in [0.717, 1.165) is 25.7 Å². The van der Waals surface area contributed by atoms with Gasteiger partial charge in [-0.2, -0.15) is 0 Å². The molecule has 2 atom stereocenters. The van der Waals surface area contributed by atoms with Gasteiger partial charge in [-0.1, -0.05) is 0 Å². The molecule has 102 valence electrons. The molecular formula is C15H18FNO2. The molecule has 0 saturated carbocycles. The molecule has 0 radical (unpaired) electrons. The minimum absolute atomic E-state index is 0.0297. The number of amides is 1. The highest BCUT2D eigenvalue weighted by molar-refractivity contribution is 5.94. The number of fused-ring (bicyclic) bond motifs is 2. The van der Waals surface area contributed by atoms with Crippen molar-refractivity contribution >= 4 is 5.91 Å². The van der Waals surface area contributed by atoms with Gasteiger partial charge in [0, 0.05) is 24.8 Å². The summed E-state index contributed by atoms with van der Waals surface area (Å²) in [7, 11) is 1.74. The number of carbonyl (C=O) groups is 1. The van der Waals surface area contributed by atoms with E-state index in [2.05, 4.69) is 0 Å². The number of hydrogen-bond acceptors (Lipinski definition) is 2. The molecule has 0 aromatic heterocycles. The second-order valence-corrected chi connectivity index (χ2v) is 5.43. The second-order valence-electron chi connectivity index (χ2n) is 5.43. The van der Waals surface area contributed by atoms with E-state index < -0.39 is 0 Å². The summed E-state index contributed by atoms with van der Waals surface area (Å²) in [5.74, 6) is -0.278. The van der Waals surface area contributed by atoms with Crippen molar-refractivity contribution in [2.45, 2.75) is 43.9 Å². The number of piperidine rings is 1. The maximum Gasteiger partial charge on any atom is 0.254 e. The second kappa shape index (κ2) is 4.93. The van der Waals surface area contributed by atoms with Crippen molar-refractivity contribution in [2.24, 2.45) is 0 Å². The zero-order chi connectivity index (χ0) is 13.4. The third-order valence-electron chi connectivity index (χ3n) is 4.35. The molecule has 2 heterocycles. The highest BCUT2D eigenvalue weighted by Gasteiger charge is 2.43. The summed E-state index contributed by atoms with van der Waals surface area (Å²) in [6, 6.07) is 6.38. The fourth-order valence-corrected chi connectivity index (χ4v) is 3.39. The predicted octanol–water partition coefficient (Wildman–Crippen LogP) is 2.61. The zero-order valence-electron chi connectivity index (χ0n) is 11.0. The molecule has 3 nitrogen and oxygen atoms in total. The Labute approximate surface area is 112 Å². The van der Waals surface area contributed by atoms with Crippen LogP contribution in [-0.4, -0.2) is 36.1 Å². The SMILES string of the molecule is COC1CC2CCC(C1)N2C(=O)c1ccc(F)cc1. The lowest BCUT2D eigenvalue weighted by atomic mass is 9.98. The molecule has 2 fully saturated rings. The fraction of sp³-hybridized carbons (Fsp3) is 0.533. The summed E-state index contributed by atoms with van der Waals surface area (Å²) in [5.41, 5.74) is 0.578. The Kier molecular flexibility index (Phi) is 3.27. The Morgan fingerprint density at radius 2 is 1.79 bits per heavy atom. The number of ether oxygens (including phenoxy) is 1. The van der Waals surface area contributed by atoms with E-state index in [1.807, 2.05) is 4.90 Å². The summed E-state index contributed by atoms with van der Waals surface area (Å²) in [6.45, 7) is 0. The lowest BCUT2D eigenvalue weighted by Gasteiger charge is -2.38. The lowest BCUT2D eigenvalue weighted by Crippen LogP contribution is -2.48. The highest BCUT2D eigenvalue weighted by atomic mass is 19.1. The fourth-order valence-electron chi connectivity index (χ4n) is 3.39. The van der Waals surface area contributed by atoms with Gasteiger partial charge in [-0.05, 0) is 49.9 Å². The number of hydrogen-bond donors (Lipinski definition) is 0. The van der Waals surface area contributed by atoms with Crippen LogP contribution in [0.2, 0.25) is 0 Å². The van der Waals surface area contributed by atoms with E-state index in [4.69, 9.17) is 4.74 Å². The van der Waals surface area contributed by atoms with E-state index in [0.29, 0.717) is 5.56 Å². The topological polar surface area (TPSA) is 29.5 Å². The van der Waals surface area contributed by atoms with Gasteiger partial charge in [0.15, 0.2) is 0 Å². The van der Waals surface area contributed by atoms with E-state index in [1.54, 1.807) is 19.2 Å². The first-order chi connectivity index (χ1) is 9.19. The van der Waals surface area contributed by atoms with Crippen LogP contribution in [0.15, 0.2) is 24.3 Å². The molecule has 2 aliphatic heterocycles. The normalized spacial score (nSPS) is 29.6. The van der Waals surface area contributed by atoms with Crippen molar-refractivity contribution < 1.29 is 13.9 Å². The number of halogens is 1. The van der Waals surface area contributed by atoms with Gasteiger partial charge in [-0.25, -0.2) is 4.39 Å². The summed E-state index contributed by atoms with van der Waals surface area (Å²) in [5, 5.41) is 0. The Bertz CT molecular complexity index is 460. The Hall–Kier alpha value is -1.42. The first-order valence-electron chi connectivity index (χ1n) is 6.80. The van der Waals surface area contributed by atoms with E-state index in [1.165, 1.54) is 12.1 Å². The molecular weight excluding hydrogens is 245 g/mol. The molecule has 2 saturated heterocycles. The quantitative estimate of drug-likeness (QED) is 0.821. The van der Waals surface area contributed by atoms with Gasteiger partial charge in [0.1, 0.15) is 5.82 Å². The number of rotatable bonds is 2. The van der Waals surface area contributed by atoms with Crippen LogP contribution in [-0.2, 0) is 4.74 Å². The number of benzene rings is 1. The van der Waals surface area contributed by atoms with Gasteiger partial charge in [-0.15, -0.1) is 0 Å². The van der Waals surface area contributed by atoms with Gasteiger partial charge >= 0.3 is 0 Å². The molecule has 19 heavy (non-hydrogen) atoms. The van der Waals surface area contributed by atoms with Crippen molar-refractivity contribution in [1.29, 1.82) is 0 Å². The van der Waals surface area contributed by atoms with E-state index in [-0.39, 0.29) is 29.9 Å². The van der Waals surface area contributed by atoms with Crippen LogP contribution in [0, 0.1) is 5.82 Å². The van der Waals surface area contributed by atoms with Crippen molar-refractivity contribution in [3.05, 3.63) is 35.6 Å². The molecule has 2 unspecified atom stereocenters. The monoisotopic (exact) mass is 263 g/mol. The smallest absolute Gasteiger partial charge is 0.254 e. The minimum Gasteiger partial charge on any atom is -0.381 e. The molecule has 0 N–H and O–H groups in total. The van der Waals surface area contributed by atoms with Gasteiger partial charge in [0.2, 0.25) is 0 Å². The molecule has 0 aliphatic carbocycles. The molecule has 1 amide bonds. The van der Waals surface area contributed by atoms with Crippen molar-refractivity contribution in [3.63, 3.8) is 0 Å². The molecule has 2 bridgehead atoms. The lowest BCUT2D eigenvalue weighted by molar-refractivity contribution is 0.00822. The van der Waals surface area contributed by atoms with Crippen LogP contribution in [0.4, 0.5) is 4.39 Å². The van der Waals surface area contributed by atoms with Crippen LogP contribution < -0.4 is 0 Å². The third kappa shape index (κ3) is 2.25. The molecule has 0 spiro atoms. The number of carbonyl (C=O) groups excluding carboxylic acids is 1. The average Bonchev–Trinajstić information content (AvgIpc) is 2.69. The summed E-state index contributed by atoms with van der Waals surface area (Å²) in [6.07, 6.45) is 4.21. The van der Waals surface area contributed by atoms with Crippen LogP contribution >= 0.6 is 0 Å². The summed E-state index contributed by atoms with van der Waals surface area (Å²) >= 11 is 0. The van der Waals surface area contributed by atoms with E-state index in [9.17, 15) is 9.18 Å². The summed E-state index contributed by atoms with van der Waals surface area (Å²) < 4.78 is 18.3. The minimum atomic E-state index is -0.308. The van der Waals surface area contributed by atoms with Crippen LogP contribution in [0.3, 0.4) is 0 Å². The Balaban J connectivity index is 1.80. The first-order valence-corrected chi connectivity index (χ1v) is 6.80. The number of nitrogens with zero attached hydrogens (tertiary/aromatic N) is 1. The van der Waals surface area contributed by atoms with E-state index >= 15 is 0 Å². The molecule has 2 aliphatic rings. The van der Waals surface area contributed by atoms with Crippen LogP contribution in [0.5, 0.6) is 0 Å². The maximum atomic E-state index is 12.9. The van der Waals surface area contributed by atoms with Crippen molar-refractivity contribution in [1.82, 2.24) is 4.90 Å². The number of methoxy groups -OCH3 is 1. The highest BCUT2D eigenvalue weighted by Crippen LogP contribution is 2.37. The maximum absolute atomic E-state index is 12.9. The molecule has 3 rings (SSSR count). The Morgan fingerprint density at radius 3 is 2.32 bits per heavy atom. The zero-order valence-corrected chi connectivity index (χ0v) is 11.0. The average molecular weight is 263 g/mol. The molecule has 4 heteroatoms. The van der Waals surface area contributed by atoms with Gasteiger partial charge in [-0.3, -0.25) is 4.79 Å². The first kappa shape index (κ1) is 12.6. The molecule has 1 aromatic carbocycles. The summed E-state index contributed by atoms with van der Waals surface area (Å²) in [4.78, 5) is 14.5. The third-order valence-corrected chi connectivity index (χ3v) is 4.35.